The van der Waals surface area contributed by atoms with Gasteiger partial charge in [0.05, 0.1) is 29.8 Å². The number of hydrogen-bond donors (Lipinski definition) is 2. The molecule has 1 atom stereocenters. The highest BCUT2D eigenvalue weighted by molar-refractivity contribution is 7.92. The van der Waals surface area contributed by atoms with E-state index in [2.05, 4.69) is 15.5 Å². The van der Waals surface area contributed by atoms with Gasteiger partial charge in [0.15, 0.2) is 15.7 Å². The third kappa shape index (κ3) is 5.66. The zero-order valence-electron chi connectivity index (χ0n) is 22.9. The number of carbonyl (C=O) groups excluding carboxylic acids is 1. The number of benzene rings is 2. The molecule has 0 bridgehead atoms. The summed E-state index contributed by atoms with van der Waals surface area (Å²) < 4.78 is 45.2. The van der Waals surface area contributed by atoms with Crippen molar-refractivity contribution < 1.29 is 22.3 Å². The lowest BCUT2D eigenvalue weighted by Crippen LogP contribution is -2.44. The lowest BCUT2D eigenvalue weighted by atomic mass is 9.93. The van der Waals surface area contributed by atoms with Crippen molar-refractivity contribution in [3.8, 4) is 11.4 Å². The number of ether oxygens (including phenoxy) is 1. The number of morpholine rings is 1. The van der Waals surface area contributed by atoms with Crippen LogP contribution < -0.4 is 15.5 Å². The molecule has 1 aromatic heterocycles. The molecule has 2 fully saturated rings. The van der Waals surface area contributed by atoms with Gasteiger partial charge in [-0.25, -0.2) is 27.6 Å². The number of aromatic nitrogens is 2. The Bertz CT molecular complexity index is 1480. The van der Waals surface area contributed by atoms with Crippen molar-refractivity contribution >= 4 is 27.4 Å². The molecule has 0 radical (unpaired) electrons. The first kappa shape index (κ1) is 28.0. The minimum absolute atomic E-state index is 0.0101. The van der Waals surface area contributed by atoms with Crippen LogP contribution in [0.1, 0.15) is 45.7 Å². The van der Waals surface area contributed by atoms with Crippen LogP contribution in [0.15, 0.2) is 59.5 Å². The number of hydrogen-bond acceptors (Lipinski definition) is 7. The summed E-state index contributed by atoms with van der Waals surface area (Å²) in [5.41, 5.74) is 1.61. The van der Waals surface area contributed by atoms with Gasteiger partial charge in [0.25, 0.3) is 0 Å². The third-order valence-corrected chi connectivity index (χ3v) is 10.1. The summed E-state index contributed by atoms with van der Waals surface area (Å²) in [6, 6.07) is 13.7. The Kier molecular flexibility index (Phi) is 7.78. The Labute approximate surface area is 234 Å². The Morgan fingerprint density at radius 2 is 1.77 bits per heavy atom. The molecule has 40 heavy (non-hydrogen) atoms. The predicted octanol–water partition coefficient (Wildman–Crippen LogP) is 4.89. The van der Waals surface area contributed by atoms with Gasteiger partial charge in [0, 0.05) is 29.9 Å². The molecule has 1 saturated heterocycles. The zero-order chi connectivity index (χ0) is 28.5. The minimum Gasteiger partial charge on any atom is -0.377 e. The van der Waals surface area contributed by atoms with Crippen LogP contribution in [0, 0.1) is 5.82 Å². The molecule has 1 saturated carbocycles. The largest absolute Gasteiger partial charge is 0.377 e. The first-order chi connectivity index (χ1) is 19.0. The number of sulfone groups is 1. The quantitative estimate of drug-likeness (QED) is 0.391. The summed E-state index contributed by atoms with van der Waals surface area (Å²) in [6.07, 6.45) is 3.13. The molecule has 0 unspecified atom stereocenters. The number of nitrogens with one attached hydrogen (secondary N) is 2. The molecule has 1 aliphatic carbocycles. The zero-order valence-corrected chi connectivity index (χ0v) is 23.7. The van der Waals surface area contributed by atoms with E-state index >= 15 is 0 Å². The van der Waals surface area contributed by atoms with E-state index in [0.29, 0.717) is 48.3 Å². The smallest absolute Gasteiger partial charge is 0.319 e. The summed E-state index contributed by atoms with van der Waals surface area (Å²) >= 11 is 0. The van der Waals surface area contributed by atoms with Crippen LogP contribution in [-0.4, -0.2) is 56.3 Å². The van der Waals surface area contributed by atoms with E-state index in [1.807, 2.05) is 6.92 Å². The van der Waals surface area contributed by atoms with Gasteiger partial charge in [-0.2, -0.15) is 0 Å². The van der Waals surface area contributed by atoms with Gasteiger partial charge in [-0.1, -0.05) is 0 Å². The minimum atomic E-state index is -3.95. The molecule has 2 N–H and O–H groups in total. The van der Waals surface area contributed by atoms with Crippen LogP contribution in [-0.2, 0) is 19.3 Å². The molecule has 2 aliphatic rings. The van der Waals surface area contributed by atoms with Crippen molar-refractivity contribution in [3.63, 3.8) is 0 Å². The van der Waals surface area contributed by atoms with Crippen molar-refractivity contribution in [1.29, 1.82) is 0 Å². The molecule has 5 rings (SSSR count). The van der Waals surface area contributed by atoms with Gasteiger partial charge in [-0.05, 0) is 88.6 Å². The number of urea groups is 1. The maximum absolute atomic E-state index is 13.8. The number of anilines is 2. The van der Waals surface area contributed by atoms with Crippen molar-refractivity contribution in [1.82, 2.24) is 15.3 Å². The van der Waals surface area contributed by atoms with Crippen LogP contribution in [0.4, 0.5) is 20.7 Å². The molecular formula is C29H34FN5O4S. The Morgan fingerprint density at radius 1 is 1.07 bits per heavy atom. The Balaban J connectivity index is 1.50. The highest BCUT2D eigenvalue weighted by Crippen LogP contribution is 2.37. The Hall–Kier alpha value is -3.57. The summed E-state index contributed by atoms with van der Waals surface area (Å²) in [4.78, 5) is 23.9. The van der Waals surface area contributed by atoms with Gasteiger partial charge in [-0.3, -0.25) is 0 Å². The Morgan fingerprint density at radius 3 is 2.40 bits per heavy atom. The fraction of sp³-hybridized carbons (Fsp3) is 0.414. The van der Waals surface area contributed by atoms with E-state index in [4.69, 9.17) is 14.7 Å². The van der Waals surface area contributed by atoms with Crippen LogP contribution in [0.5, 0.6) is 0 Å². The maximum Gasteiger partial charge on any atom is 0.319 e. The molecule has 2 amide bonds. The summed E-state index contributed by atoms with van der Waals surface area (Å²) in [5.74, 6) is 0.447. The summed E-state index contributed by atoms with van der Waals surface area (Å²) in [7, 11) is -3.95. The van der Waals surface area contributed by atoms with E-state index in [-0.39, 0.29) is 23.0 Å². The number of nitrogens with zero attached hydrogens (tertiary/aromatic N) is 3. The molecule has 1 aliphatic heterocycles. The van der Waals surface area contributed by atoms with Gasteiger partial charge in [0.1, 0.15) is 16.4 Å². The average Bonchev–Trinajstić information content (AvgIpc) is 2.91. The van der Waals surface area contributed by atoms with Crippen LogP contribution in [0.3, 0.4) is 0 Å². The maximum atomic E-state index is 13.8. The van der Waals surface area contributed by atoms with Crippen molar-refractivity contribution in [2.45, 2.75) is 61.8 Å². The number of amides is 2. The average molecular weight is 568 g/mol. The van der Waals surface area contributed by atoms with Gasteiger partial charge in [-0.15, -0.1) is 0 Å². The van der Waals surface area contributed by atoms with Crippen LogP contribution >= 0.6 is 0 Å². The van der Waals surface area contributed by atoms with Crippen LogP contribution in [0.2, 0.25) is 0 Å². The molecule has 11 heteroatoms. The second-order valence-electron chi connectivity index (χ2n) is 10.8. The third-order valence-electron chi connectivity index (χ3n) is 7.63. The van der Waals surface area contributed by atoms with E-state index in [0.717, 1.165) is 31.4 Å². The number of halogens is 1. The van der Waals surface area contributed by atoms with Gasteiger partial charge >= 0.3 is 6.03 Å². The molecule has 2 heterocycles. The number of carbonyl (C=O) groups is 1. The normalized spacial score (nSPS) is 18.2. The topological polar surface area (TPSA) is 114 Å². The van der Waals surface area contributed by atoms with E-state index in [1.165, 1.54) is 12.1 Å². The van der Waals surface area contributed by atoms with Gasteiger partial charge < -0.3 is 20.3 Å². The highest BCUT2D eigenvalue weighted by atomic mass is 32.2. The van der Waals surface area contributed by atoms with Gasteiger partial charge in [0.2, 0.25) is 0 Å². The highest BCUT2D eigenvalue weighted by Gasteiger charge is 2.40. The molecule has 2 aromatic carbocycles. The standard InChI is InChI=1S/C29H34FN5O4S/c1-19-18-39-16-15-35(19)26-17-25(29(2,3)40(37,38)24-13-9-21(30)10-14-24)33-27(34-26)20-7-11-23(12-8-20)32-28(36)31-22-5-4-6-22/h7-14,17,19,22H,4-6,15-16,18H2,1-3H3,(H2,31,32,36)/t19-/m0/s1. The first-order valence-electron chi connectivity index (χ1n) is 13.5. The predicted molar refractivity (Wildman–Crippen MR) is 152 cm³/mol. The van der Waals surface area contributed by atoms with E-state index < -0.39 is 20.4 Å². The molecule has 212 valence electrons. The molecular weight excluding hydrogens is 533 g/mol. The van der Waals surface area contributed by atoms with Crippen molar-refractivity contribution in [2.24, 2.45) is 0 Å². The molecule has 9 nitrogen and oxygen atoms in total. The van der Waals surface area contributed by atoms with E-state index in [1.54, 1.807) is 44.2 Å². The first-order valence-corrected chi connectivity index (χ1v) is 14.9. The van der Waals surface area contributed by atoms with Crippen molar-refractivity contribution in [2.75, 3.05) is 30.0 Å². The lowest BCUT2D eigenvalue weighted by molar-refractivity contribution is 0.0985. The van der Waals surface area contributed by atoms with Crippen molar-refractivity contribution in [3.05, 3.63) is 66.1 Å². The fourth-order valence-corrected chi connectivity index (χ4v) is 6.20. The number of rotatable bonds is 7. The summed E-state index contributed by atoms with van der Waals surface area (Å²) in [6.45, 7) is 6.86. The van der Waals surface area contributed by atoms with E-state index in [9.17, 15) is 17.6 Å². The molecule has 3 aromatic rings. The second kappa shape index (κ2) is 11.1. The van der Waals surface area contributed by atoms with Crippen LogP contribution in [0.25, 0.3) is 11.4 Å². The SMILES string of the molecule is C[C@H]1COCCN1c1cc(C(C)(C)S(=O)(=O)c2ccc(F)cc2)nc(-c2ccc(NC(=O)NC3CCC3)cc2)n1. The lowest BCUT2D eigenvalue weighted by Gasteiger charge is -2.35. The fourth-order valence-electron chi connectivity index (χ4n) is 4.74. The second-order valence-corrected chi connectivity index (χ2v) is 13.3. The summed E-state index contributed by atoms with van der Waals surface area (Å²) in [5, 5.41) is 5.79. The monoisotopic (exact) mass is 567 g/mol. The molecule has 0 spiro atoms.